The van der Waals surface area contributed by atoms with E-state index in [1.807, 2.05) is 11.1 Å². The van der Waals surface area contributed by atoms with Gasteiger partial charge < -0.3 is 25.6 Å². The Hall–Kier alpha value is -3.99. The molecule has 0 atom stereocenters. The van der Waals surface area contributed by atoms with Crippen LogP contribution >= 0.6 is 0 Å². The topological polar surface area (TPSA) is 77.1 Å². The molecule has 4 heterocycles. The highest BCUT2D eigenvalue weighted by atomic mass is 19.2. The normalized spacial score (nSPS) is 17.6. The van der Waals surface area contributed by atoms with Crippen LogP contribution < -0.4 is 20.9 Å². The van der Waals surface area contributed by atoms with Crippen molar-refractivity contribution in [3.8, 4) is 0 Å². The Morgan fingerprint density at radius 2 is 1.85 bits per heavy atom. The monoisotopic (exact) mass is 469 g/mol. The summed E-state index contributed by atoms with van der Waals surface area (Å²) in [6, 6.07) is 4.91. The van der Waals surface area contributed by atoms with Crippen LogP contribution in [0.4, 0.5) is 30.4 Å². The van der Waals surface area contributed by atoms with Gasteiger partial charge in [-0.1, -0.05) is 0 Å². The molecule has 11 heteroatoms. The molecule has 0 unspecified atom stereocenters. The third-order valence-corrected chi connectivity index (χ3v) is 5.67. The fraction of sp³-hybridized carbons (Fsp3) is 0.217. The van der Waals surface area contributed by atoms with Crippen molar-refractivity contribution < 1.29 is 17.9 Å². The maximum atomic E-state index is 14.1. The van der Waals surface area contributed by atoms with E-state index in [9.17, 15) is 13.2 Å². The van der Waals surface area contributed by atoms with Crippen molar-refractivity contribution in [2.75, 3.05) is 43.5 Å². The average Bonchev–Trinajstić information content (AvgIpc) is 2.88. The van der Waals surface area contributed by atoms with E-state index in [1.165, 1.54) is 6.20 Å². The summed E-state index contributed by atoms with van der Waals surface area (Å²) in [5, 5.41) is 8.97. The molecule has 0 radical (unpaired) electrons. The molecule has 0 aliphatic carbocycles. The Labute approximate surface area is 194 Å². The molecule has 1 aromatic heterocycles. The summed E-state index contributed by atoms with van der Waals surface area (Å²) in [5.74, 6) is -1.83. The van der Waals surface area contributed by atoms with Gasteiger partial charge in [-0.3, -0.25) is 4.90 Å². The largest absolute Gasteiger partial charge is 0.494 e. The Kier molecular flexibility index (Phi) is 5.84. The number of methoxy groups -OCH3 is 1. The highest BCUT2D eigenvalue weighted by molar-refractivity contribution is 5.89. The quantitative estimate of drug-likeness (QED) is 0.581. The van der Waals surface area contributed by atoms with Gasteiger partial charge in [-0.05, 0) is 18.2 Å². The molecule has 0 spiro atoms. The predicted molar refractivity (Wildman–Crippen MR) is 123 cm³/mol. The summed E-state index contributed by atoms with van der Waals surface area (Å²) in [6.07, 6.45) is 6.74. The maximum Gasteiger partial charge on any atom is 0.185 e. The Morgan fingerprint density at radius 1 is 1.06 bits per heavy atom. The molecule has 176 valence electrons. The van der Waals surface area contributed by atoms with Gasteiger partial charge in [-0.15, -0.1) is 0 Å². The number of dihydropyridines is 1. The third-order valence-electron chi connectivity index (χ3n) is 5.67. The van der Waals surface area contributed by atoms with Crippen molar-refractivity contribution >= 4 is 23.5 Å². The average molecular weight is 469 g/mol. The van der Waals surface area contributed by atoms with Gasteiger partial charge in [-0.2, -0.15) is 0 Å². The SMILES string of the molecule is COC1=CNC=C2C1=C(N1CCNCC1)N=CN2c1ccnc(Nc2c(F)ccc(F)c2F)c1. The van der Waals surface area contributed by atoms with Gasteiger partial charge >= 0.3 is 0 Å². The molecular formula is C23H22F3N7O. The van der Waals surface area contributed by atoms with Gasteiger partial charge in [0.15, 0.2) is 11.6 Å². The molecule has 34 heavy (non-hydrogen) atoms. The zero-order chi connectivity index (χ0) is 23.7. The molecule has 0 saturated carbocycles. The number of nitrogens with one attached hydrogen (secondary N) is 3. The number of halogens is 3. The second-order valence-electron chi connectivity index (χ2n) is 7.70. The molecule has 8 nitrogen and oxygen atoms in total. The summed E-state index contributed by atoms with van der Waals surface area (Å²) in [6.45, 7) is 3.32. The lowest BCUT2D eigenvalue weighted by atomic mass is 10.1. The van der Waals surface area contributed by atoms with Gasteiger partial charge in [0.05, 0.1) is 24.1 Å². The molecule has 3 aliphatic heterocycles. The van der Waals surface area contributed by atoms with Crippen molar-refractivity contribution in [3.05, 3.63) is 83.2 Å². The van der Waals surface area contributed by atoms with Gasteiger partial charge in [-0.25, -0.2) is 23.1 Å². The van der Waals surface area contributed by atoms with E-state index >= 15 is 0 Å². The van der Waals surface area contributed by atoms with E-state index < -0.39 is 23.1 Å². The molecule has 1 aromatic carbocycles. The number of benzene rings is 1. The van der Waals surface area contributed by atoms with Crippen LogP contribution in [-0.2, 0) is 4.74 Å². The van der Waals surface area contributed by atoms with Crippen molar-refractivity contribution in [2.24, 2.45) is 4.99 Å². The Bertz CT molecular complexity index is 1240. The first-order chi connectivity index (χ1) is 16.6. The Balaban J connectivity index is 1.49. The first-order valence-electron chi connectivity index (χ1n) is 10.7. The molecule has 0 bridgehead atoms. The maximum absolute atomic E-state index is 14.1. The van der Waals surface area contributed by atoms with Crippen LogP contribution in [0.2, 0.25) is 0 Å². The summed E-state index contributed by atoms with van der Waals surface area (Å²) in [5.41, 5.74) is 1.62. The minimum absolute atomic E-state index is 0.139. The summed E-state index contributed by atoms with van der Waals surface area (Å²) >= 11 is 0. The number of aromatic nitrogens is 1. The van der Waals surface area contributed by atoms with E-state index in [0.717, 1.165) is 55.4 Å². The van der Waals surface area contributed by atoms with E-state index in [0.29, 0.717) is 11.4 Å². The van der Waals surface area contributed by atoms with Gasteiger partial charge in [0.25, 0.3) is 0 Å². The molecule has 1 saturated heterocycles. The fourth-order valence-corrected chi connectivity index (χ4v) is 4.01. The second kappa shape index (κ2) is 9.10. The standard InChI is InChI=1S/C23H22F3N7O/c1-34-18-12-28-11-17-20(18)23(32-8-6-27-7-9-32)30-13-33(17)14-4-5-29-19(10-14)31-22-16(25)3-2-15(24)21(22)26/h2-5,10-13,27-28H,6-9H2,1H3,(H,29,31). The van der Waals surface area contributed by atoms with E-state index in [-0.39, 0.29) is 5.82 Å². The van der Waals surface area contributed by atoms with Crippen LogP contribution in [0.1, 0.15) is 0 Å². The zero-order valence-electron chi connectivity index (χ0n) is 18.3. The minimum atomic E-state index is -1.31. The molecule has 2 aromatic rings. The molecule has 0 amide bonds. The van der Waals surface area contributed by atoms with Crippen molar-refractivity contribution in [2.45, 2.75) is 0 Å². The first-order valence-corrected chi connectivity index (χ1v) is 10.7. The third kappa shape index (κ3) is 3.94. The van der Waals surface area contributed by atoms with Crippen molar-refractivity contribution in [3.63, 3.8) is 0 Å². The lowest BCUT2D eigenvalue weighted by Crippen LogP contribution is -2.44. The highest BCUT2D eigenvalue weighted by Gasteiger charge is 2.31. The summed E-state index contributed by atoms with van der Waals surface area (Å²) in [4.78, 5) is 12.9. The number of fused-ring (bicyclic) bond motifs is 1. The molecule has 5 rings (SSSR count). The van der Waals surface area contributed by atoms with E-state index in [1.54, 1.807) is 31.8 Å². The van der Waals surface area contributed by atoms with Crippen LogP contribution in [0.5, 0.6) is 0 Å². The molecule has 3 N–H and O–H groups in total. The van der Waals surface area contributed by atoms with Crippen LogP contribution in [-0.4, -0.2) is 49.5 Å². The fourth-order valence-electron chi connectivity index (χ4n) is 4.01. The number of piperazine rings is 1. The molecule has 3 aliphatic rings. The number of ether oxygens (including phenoxy) is 1. The minimum Gasteiger partial charge on any atom is -0.494 e. The van der Waals surface area contributed by atoms with Crippen molar-refractivity contribution in [1.82, 2.24) is 20.5 Å². The van der Waals surface area contributed by atoms with E-state index in [2.05, 4.69) is 25.8 Å². The Morgan fingerprint density at radius 3 is 2.65 bits per heavy atom. The zero-order valence-corrected chi connectivity index (χ0v) is 18.3. The number of hydrogen-bond acceptors (Lipinski definition) is 8. The molecular weight excluding hydrogens is 447 g/mol. The van der Waals surface area contributed by atoms with Crippen LogP contribution in [0.25, 0.3) is 0 Å². The number of aliphatic imine (C=N–C) groups is 1. The number of nitrogens with zero attached hydrogens (tertiary/aromatic N) is 4. The number of rotatable bonds is 5. The smallest absolute Gasteiger partial charge is 0.185 e. The summed E-state index contributed by atoms with van der Waals surface area (Å²) in [7, 11) is 1.60. The second-order valence-corrected chi connectivity index (χ2v) is 7.70. The van der Waals surface area contributed by atoms with Crippen LogP contribution in [0.15, 0.2) is 70.7 Å². The van der Waals surface area contributed by atoms with Gasteiger partial charge in [0, 0.05) is 50.8 Å². The molecule has 1 fully saturated rings. The number of pyridine rings is 1. The van der Waals surface area contributed by atoms with Crippen LogP contribution in [0.3, 0.4) is 0 Å². The first kappa shape index (κ1) is 21.8. The lowest BCUT2D eigenvalue weighted by molar-refractivity contribution is 0.275. The van der Waals surface area contributed by atoms with Crippen molar-refractivity contribution in [1.29, 1.82) is 0 Å². The number of anilines is 3. The highest BCUT2D eigenvalue weighted by Crippen LogP contribution is 2.36. The lowest BCUT2D eigenvalue weighted by Gasteiger charge is -2.37. The van der Waals surface area contributed by atoms with Gasteiger partial charge in [0.2, 0.25) is 0 Å². The number of hydrogen-bond donors (Lipinski definition) is 3. The van der Waals surface area contributed by atoms with Gasteiger partial charge in [0.1, 0.15) is 35.2 Å². The summed E-state index contributed by atoms with van der Waals surface area (Å²) < 4.78 is 47.5. The van der Waals surface area contributed by atoms with E-state index in [4.69, 9.17) is 9.73 Å². The van der Waals surface area contributed by atoms with Crippen LogP contribution in [0, 0.1) is 17.5 Å². The predicted octanol–water partition coefficient (Wildman–Crippen LogP) is 3.14.